The maximum absolute atomic E-state index is 11.8. The Kier molecular flexibility index (Phi) is 5.63. The predicted octanol–water partition coefficient (Wildman–Crippen LogP) is 5.26. The molecule has 31 heavy (non-hydrogen) atoms. The van der Waals surface area contributed by atoms with Crippen molar-refractivity contribution in [1.82, 2.24) is 0 Å². The van der Waals surface area contributed by atoms with Crippen molar-refractivity contribution in [2.45, 2.75) is 43.7 Å². The van der Waals surface area contributed by atoms with Crippen LogP contribution in [0, 0.1) is 0 Å². The molecule has 0 aromatic heterocycles. The molecule has 0 saturated carbocycles. The Morgan fingerprint density at radius 3 is 2.00 bits per heavy atom. The minimum atomic E-state index is -0.942. The van der Waals surface area contributed by atoms with Gasteiger partial charge in [-0.25, -0.2) is 5.21 Å². The fourth-order valence-corrected chi connectivity index (χ4v) is 5.19. The van der Waals surface area contributed by atoms with Crippen LogP contribution < -0.4 is 0 Å². The van der Waals surface area contributed by atoms with Gasteiger partial charge in [-0.3, -0.25) is 0 Å². The van der Waals surface area contributed by atoms with Gasteiger partial charge in [-0.15, -0.1) is 0 Å². The Balaban J connectivity index is 1.47. The van der Waals surface area contributed by atoms with Crippen molar-refractivity contribution >= 4 is 0 Å². The molecule has 3 unspecified atom stereocenters. The number of piperidine rings is 1. The van der Waals surface area contributed by atoms with Gasteiger partial charge in [0.25, 0.3) is 0 Å². The number of rotatable bonds is 5. The van der Waals surface area contributed by atoms with E-state index in [1.807, 2.05) is 54.6 Å². The molecule has 160 valence electrons. The molecule has 0 bridgehead atoms. The largest absolute Gasteiger partial charge is 0.339 e. The molecule has 3 aromatic carbocycles. The number of hydrogen-bond acceptors (Lipinski definition) is 3. The van der Waals surface area contributed by atoms with E-state index in [9.17, 15) is 5.21 Å². The minimum Gasteiger partial charge on any atom is -0.339 e. The topological polar surface area (TPSA) is 38.7 Å². The summed E-state index contributed by atoms with van der Waals surface area (Å²) in [7, 11) is 0. The quantitative estimate of drug-likeness (QED) is 0.577. The maximum Gasteiger partial charge on any atom is 0.223 e. The van der Waals surface area contributed by atoms with Crippen molar-refractivity contribution in [3.63, 3.8) is 0 Å². The number of quaternary nitrogens is 1. The van der Waals surface area contributed by atoms with Crippen molar-refractivity contribution in [3.8, 4) is 0 Å². The molecule has 0 amide bonds. The molecule has 3 atom stereocenters. The fourth-order valence-electron chi connectivity index (χ4n) is 5.19. The number of nitrogens with zero attached hydrogens (tertiary/aromatic N) is 1. The first kappa shape index (κ1) is 20.4. The standard InChI is InChI=1S/C27H30NO3/c29-28(20-22-12-4-1-5-13-22)19-11-10-18-25(28)26-21-30-27(31-26,23-14-6-2-7-15-23)24-16-8-3-9-17-24/h1-9,12-17,25-26,29H,10-11,18-21H2/q+1. The highest BCUT2D eigenvalue weighted by molar-refractivity contribution is 5.34. The zero-order valence-corrected chi connectivity index (χ0v) is 17.8. The van der Waals surface area contributed by atoms with Crippen molar-refractivity contribution in [2.24, 2.45) is 0 Å². The molecule has 2 saturated heterocycles. The van der Waals surface area contributed by atoms with Crippen LogP contribution in [0.15, 0.2) is 91.0 Å². The summed E-state index contributed by atoms with van der Waals surface area (Å²) >= 11 is 0. The summed E-state index contributed by atoms with van der Waals surface area (Å²) < 4.78 is 13.3. The molecule has 0 aliphatic carbocycles. The third-order valence-corrected chi connectivity index (χ3v) is 6.72. The van der Waals surface area contributed by atoms with Crippen LogP contribution in [0.25, 0.3) is 0 Å². The Morgan fingerprint density at radius 1 is 0.806 bits per heavy atom. The van der Waals surface area contributed by atoms with Gasteiger partial charge in [0.05, 0.1) is 6.61 Å². The number of hydroxylamine groups is 3. The fraction of sp³-hybridized carbons (Fsp3) is 0.333. The van der Waals surface area contributed by atoms with Gasteiger partial charge in [0.15, 0.2) is 0 Å². The molecular weight excluding hydrogens is 386 g/mol. The van der Waals surface area contributed by atoms with Crippen LogP contribution in [0.4, 0.5) is 0 Å². The van der Waals surface area contributed by atoms with Crippen LogP contribution in [-0.2, 0) is 21.8 Å². The molecule has 2 aliphatic rings. The monoisotopic (exact) mass is 416 g/mol. The molecule has 1 N–H and O–H groups in total. The van der Waals surface area contributed by atoms with Gasteiger partial charge < -0.3 is 9.47 Å². The third-order valence-electron chi connectivity index (χ3n) is 6.72. The van der Waals surface area contributed by atoms with Crippen LogP contribution in [0.1, 0.15) is 36.0 Å². The molecule has 5 rings (SSSR count). The molecule has 0 spiro atoms. The summed E-state index contributed by atoms with van der Waals surface area (Å²) in [6.45, 7) is 1.79. The highest BCUT2D eigenvalue weighted by Gasteiger charge is 2.53. The average Bonchev–Trinajstić information content (AvgIpc) is 3.27. The van der Waals surface area contributed by atoms with Gasteiger partial charge >= 0.3 is 0 Å². The van der Waals surface area contributed by atoms with E-state index in [0.717, 1.165) is 42.5 Å². The lowest BCUT2D eigenvalue weighted by molar-refractivity contribution is -1.13. The maximum atomic E-state index is 11.8. The lowest BCUT2D eigenvalue weighted by Crippen LogP contribution is -2.60. The SMILES string of the molecule is O[N+]1(Cc2ccccc2)CCCCC1C1COC(c2ccccc2)(c2ccccc2)O1. The van der Waals surface area contributed by atoms with Crippen LogP contribution in [0.2, 0.25) is 0 Å². The molecule has 4 heteroatoms. The van der Waals surface area contributed by atoms with Crippen molar-refractivity contribution in [1.29, 1.82) is 0 Å². The molecular formula is C27H30NO3+. The Hall–Kier alpha value is -2.50. The summed E-state index contributed by atoms with van der Waals surface area (Å²) in [5.41, 5.74) is 3.12. The first-order valence-electron chi connectivity index (χ1n) is 11.3. The van der Waals surface area contributed by atoms with Crippen LogP contribution >= 0.6 is 0 Å². The van der Waals surface area contributed by atoms with Gasteiger partial charge in [-0.1, -0.05) is 91.0 Å². The summed E-state index contributed by atoms with van der Waals surface area (Å²) in [6.07, 6.45) is 2.87. The first-order chi connectivity index (χ1) is 15.2. The Bertz CT molecular complexity index is 940. The van der Waals surface area contributed by atoms with Crippen LogP contribution in [0.3, 0.4) is 0 Å². The molecule has 2 heterocycles. The number of hydrogen-bond donors (Lipinski definition) is 1. The Labute approximate surface area is 184 Å². The number of likely N-dealkylation sites (tertiary alicyclic amines) is 1. The third kappa shape index (κ3) is 3.92. The van der Waals surface area contributed by atoms with E-state index in [4.69, 9.17) is 9.47 Å². The van der Waals surface area contributed by atoms with Gasteiger partial charge in [-0.2, -0.15) is 4.65 Å². The highest BCUT2D eigenvalue weighted by atomic mass is 16.7. The molecule has 2 fully saturated rings. The second-order valence-electron chi connectivity index (χ2n) is 8.73. The van der Waals surface area contributed by atoms with Crippen LogP contribution in [-0.4, -0.2) is 35.2 Å². The van der Waals surface area contributed by atoms with Gasteiger partial charge in [0.1, 0.15) is 25.2 Å². The minimum absolute atomic E-state index is 0.0116. The van der Waals surface area contributed by atoms with Crippen molar-refractivity contribution < 1.29 is 19.3 Å². The summed E-state index contributed by atoms with van der Waals surface area (Å²) in [4.78, 5) is 0. The van der Waals surface area contributed by atoms with Crippen LogP contribution in [0.5, 0.6) is 0 Å². The zero-order chi connectivity index (χ0) is 21.2. The van der Waals surface area contributed by atoms with E-state index < -0.39 is 5.79 Å². The summed E-state index contributed by atoms with van der Waals surface area (Å²) in [5, 5.41) is 11.8. The molecule has 2 aliphatic heterocycles. The smallest absolute Gasteiger partial charge is 0.223 e. The van der Waals surface area contributed by atoms with E-state index in [-0.39, 0.29) is 16.8 Å². The molecule has 0 radical (unpaired) electrons. The van der Waals surface area contributed by atoms with E-state index in [2.05, 4.69) is 36.4 Å². The summed E-state index contributed by atoms with van der Waals surface area (Å²) in [6, 6.07) is 30.5. The van der Waals surface area contributed by atoms with Crippen molar-refractivity contribution in [3.05, 3.63) is 108 Å². The lowest BCUT2D eigenvalue weighted by Gasteiger charge is -2.43. The van der Waals surface area contributed by atoms with Gasteiger partial charge in [-0.05, 0) is 12.8 Å². The number of ether oxygens (including phenoxy) is 2. The van der Waals surface area contributed by atoms with Gasteiger partial charge in [0, 0.05) is 23.1 Å². The second-order valence-corrected chi connectivity index (χ2v) is 8.73. The lowest BCUT2D eigenvalue weighted by atomic mass is 9.95. The first-order valence-corrected chi connectivity index (χ1v) is 11.3. The van der Waals surface area contributed by atoms with E-state index in [0.29, 0.717) is 13.2 Å². The number of benzene rings is 3. The predicted molar refractivity (Wildman–Crippen MR) is 119 cm³/mol. The molecule has 3 aromatic rings. The normalized spacial score (nSPS) is 27.8. The Morgan fingerprint density at radius 2 is 1.39 bits per heavy atom. The van der Waals surface area contributed by atoms with Gasteiger partial charge in [0.2, 0.25) is 5.79 Å². The average molecular weight is 417 g/mol. The zero-order valence-electron chi connectivity index (χ0n) is 17.8. The van der Waals surface area contributed by atoms with E-state index >= 15 is 0 Å². The van der Waals surface area contributed by atoms with E-state index in [1.165, 1.54) is 0 Å². The molecule has 4 nitrogen and oxygen atoms in total. The highest BCUT2D eigenvalue weighted by Crippen LogP contribution is 2.44. The second kappa shape index (κ2) is 8.56. The summed E-state index contributed by atoms with van der Waals surface area (Å²) in [5.74, 6) is -0.942. The van der Waals surface area contributed by atoms with E-state index in [1.54, 1.807) is 0 Å². The van der Waals surface area contributed by atoms with Crippen molar-refractivity contribution in [2.75, 3.05) is 13.2 Å².